The predicted molar refractivity (Wildman–Crippen MR) is 65.2 cm³/mol. The molecule has 0 aromatic heterocycles. The summed E-state index contributed by atoms with van der Waals surface area (Å²) in [4.78, 5) is 0. The minimum atomic E-state index is -4.96. The molecule has 1 aromatic rings. The Bertz CT molecular complexity index is 390. The van der Waals surface area contributed by atoms with E-state index in [1.54, 1.807) is 6.07 Å². The first-order chi connectivity index (χ1) is 6.79. The van der Waals surface area contributed by atoms with Crippen molar-refractivity contribution in [3.8, 4) is 0 Å². The van der Waals surface area contributed by atoms with E-state index in [9.17, 15) is 12.9 Å². The van der Waals surface area contributed by atoms with Crippen LogP contribution in [0.4, 0.5) is 12.9 Å². The quantitative estimate of drug-likeness (QED) is 0.655. The summed E-state index contributed by atoms with van der Waals surface area (Å²) in [5, 5.41) is 0. The van der Waals surface area contributed by atoms with Crippen molar-refractivity contribution < 1.29 is 12.9 Å². The molecule has 0 atom stereocenters. The predicted octanol–water partition coefficient (Wildman–Crippen LogP) is 2.42. The van der Waals surface area contributed by atoms with E-state index >= 15 is 0 Å². The first-order valence-corrected chi connectivity index (χ1v) is 5.55. The molecule has 0 aliphatic heterocycles. The van der Waals surface area contributed by atoms with Gasteiger partial charge in [0.05, 0.1) is 0 Å². The molecule has 0 radical (unpaired) electrons. The van der Waals surface area contributed by atoms with Gasteiger partial charge in [0.15, 0.2) is 0 Å². The van der Waals surface area contributed by atoms with Gasteiger partial charge in [-0.3, -0.25) is 0 Å². The third-order valence-electron chi connectivity index (χ3n) is 2.50. The van der Waals surface area contributed by atoms with Gasteiger partial charge in [-0.2, -0.15) is 0 Å². The number of hydrogen-bond acceptors (Lipinski definition) is 1. The van der Waals surface area contributed by atoms with Gasteiger partial charge in [-0.25, -0.2) is 0 Å². The monoisotopic (exact) mass is 328 g/mol. The fourth-order valence-corrected chi connectivity index (χ4v) is 2.32. The van der Waals surface area contributed by atoms with Crippen molar-refractivity contribution in [1.29, 1.82) is 0 Å². The Labute approximate surface area is 100 Å². The van der Waals surface area contributed by atoms with E-state index in [0.29, 0.717) is 14.7 Å². The van der Waals surface area contributed by atoms with Crippen molar-refractivity contribution in [1.82, 2.24) is 0 Å². The lowest BCUT2D eigenvalue weighted by atomic mass is 9.73. The van der Waals surface area contributed by atoms with E-state index in [-0.39, 0.29) is 12.1 Å². The molecule has 84 valence electrons. The van der Waals surface area contributed by atoms with Gasteiger partial charge in [0.25, 0.3) is 0 Å². The van der Waals surface area contributed by atoms with E-state index in [4.69, 9.17) is 5.73 Å². The average molecular weight is 328 g/mol. The van der Waals surface area contributed by atoms with Crippen LogP contribution in [0.1, 0.15) is 16.7 Å². The van der Waals surface area contributed by atoms with Gasteiger partial charge in [-0.1, -0.05) is 11.1 Å². The van der Waals surface area contributed by atoms with Crippen LogP contribution < -0.4 is 11.2 Å². The standard InChI is InChI=1S/C9H11BF3IN/c1-5-7(4-15)3-8(14)6(2)9(5)10(11,12)13/h3H,4,15H2,1-2H3/q-1. The van der Waals surface area contributed by atoms with Crippen LogP contribution in [0, 0.1) is 17.4 Å². The Morgan fingerprint density at radius 3 is 2.20 bits per heavy atom. The van der Waals surface area contributed by atoms with Gasteiger partial charge in [-0.05, 0) is 48.1 Å². The first kappa shape index (κ1) is 12.8. The molecule has 0 unspecified atom stereocenters. The van der Waals surface area contributed by atoms with E-state index in [0.717, 1.165) is 0 Å². The molecular formula is C9H11BF3IN-. The maximum atomic E-state index is 12.8. The molecule has 0 fully saturated rings. The van der Waals surface area contributed by atoms with Gasteiger partial charge in [0, 0.05) is 10.1 Å². The Morgan fingerprint density at radius 1 is 1.27 bits per heavy atom. The number of hydrogen-bond donors (Lipinski definition) is 1. The maximum absolute atomic E-state index is 12.8. The molecule has 1 aromatic carbocycles. The second-order valence-corrected chi connectivity index (χ2v) is 4.62. The first-order valence-electron chi connectivity index (χ1n) is 4.47. The van der Waals surface area contributed by atoms with Crippen LogP contribution in [0.3, 0.4) is 0 Å². The molecule has 0 spiro atoms. The second-order valence-electron chi connectivity index (χ2n) is 3.46. The number of benzene rings is 1. The lowest BCUT2D eigenvalue weighted by molar-refractivity contribution is 0.500. The smallest absolute Gasteiger partial charge is 0.445 e. The summed E-state index contributed by atoms with van der Waals surface area (Å²) in [6, 6.07) is 1.72. The number of halogens is 4. The molecular weight excluding hydrogens is 317 g/mol. The van der Waals surface area contributed by atoms with E-state index in [1.807, 2.05) is 22.6 Å². The van der Waals surface area contributed by atoms with Crippen LogP contribution in [0.2, 0.25) is 0 Å². The summed E-state index contributed by atoms with van der Waals surface area (Å²) >= 11 is 1.91. The fraction of sp³-hybridized carbons (Fsp3) is 0.333. The molecule has 0 amide bonds. The lowest BCUT2D eigenvalue weighted by Gasteiger charge is -2.24. The van der Waals surface area contributed by atoms with Gasteiger partial charge in [-0.15, -0.1) is 5.46 Å². The molecule has 6 heteroatoms. The second kappa shape index (κ2) is 4.33. The highest BCUT2D eigenvalue weighted by atomic mass is 127. The summed E-state index contributed by atoms with van der Waals surface area (Å²) in [6.07, 6.45) is 0. The molecule has 15 heavy (non-hydrogen) atoms. The molecule has 0 bridgehead atoms. The van der Waals surface area contributed by atoms with Crippen molar-refractivity contribution in [2.45, 2.75) is 20.4 Å². The average Bonchev–Trinajstić information content (AvgIpc) is 2.09. The van der Waals surface area contributed by atoms with Crippen LogP contribution in [0.15, 0.2) is 6.07 Å². The van der Waals surface area contributed by atoms with Crippen molar-refractivity contribution in [3.05, 3.63) is 26.3 Å². The normalized spacial score (nSPS) is 11.9. The van der Waals surface area contributed by atoms with E-state index < -0.39 is 12.4 Å². The van der Waals surface area contributed by atoms with Crippen LogP contribution in [0.5, 0.6) is 0 Å². The Hall–Kier alpha value is -0.235. The van der Waals surface area contributed by atoms with Gasteiger partial charge >= 0.3 is 6.98 Å². The highest BCUT2D eigenvalue weighted by molar-refractivity contribution is 14.1. The van der Waals surface area contributed by atoms with Crippen molar-refractivity contribution >= 4 is 35.0 Å². The third-order valence-corrected chi connectivity index (χ3v) is 3.62. The number of nitrogens with two attached hydrogens (primary N) is 1. The minimum absolute atomic E-state index is 0.140. The molecule has 0 heterocycles. The van der Waals surface area contributed by atoms with Crippen LogP contribution in [-0.4, -0.2) is 6.98 Å². The summed E-state index contributed by atoms with van der Waals surface area (Å²) in [7, 11) is 0. The topological polar surface area (TPSA) is 26.0 Å². The largest absolute Gasteiger partial charge is 0.510 e. The Kier molecular flexibility index (Phi) is 3.70. The van der Waals surface area contributed by atoms with Crippen LogP contribution >= 0.6 is 22.6 Å². The minimum Gasteiger partial charge on any atom is -0.445 e. The third kappa shape index (κ3) is 2.47. The van der Waals surface area contributed by atoms with Crippen LogP contribution in [0.25, 0.3) is 0 Å². The molecule has 1 nitrogen and oxygen atoms in total. The summed E-state index contributed by atoms with van der Waals surface area (Å²) in [6.45, 7) is -1.84. The Balaban J connectivity index is 3.55. The zero-order valence-corrected chi connectivity index (χ0v) is 10.6. The molecule has 0 saturated heterocycles. The SMILES string of the molecule is Cc1c(I)cc(CN)c(C)c1[B-](F)(F)F. The van der Waals surface area contributed by atoms with Crippen molar-refractivity contribution in [3.63, 3.8) is 0 Å². The van der Waals surface area contributed by atoms with E-state index in [1.165, 1.54) is 13.8 Å². The molecule has 0 saturated carbocycles. The van der Waals surface area contributed by atoms with Gasteiger partial charge in [0.2, 0.25) is 0 Å². The van der Waals surface area contributed by atoms with Crippen LogP contribution in [-0.2, 0) is 6.54 Å². The summed E-state index contributed by atoms with van der Waals surface area (Å²) in [5.74, 6) is 0. The zero-order chi connectivity index (χ0) is 11.8. The van der Waals surface area contributed by atoms with Crippen molar-refractivity contribution in [2.24, 2.45) is 5.73 Å². The number of rotatable bonds is 2. The summed E-state index contributed by atoms with van der Waals surface area (Å²) in [5.41, 5.74) is 6.07. The molecule has 2 N–H and O–H groups in total. The fourth-order valence-electron chi connectivity index (χ4n) is 1.66. The lowest BCUT2D eigenvalue weighted by Crippen LogP contribution is -2.39. The zero-order valence-electron chi connectivity index (χ0n) is 8.45. The molecule has 0 aliphatic carbocycles. The Morgan fingerprint density at radius 2 is 1.80 bits per heavy atom. The molecule has 0 aliphatic rings. The summed E-state index contributed by atoms with van der Waals surface area (Å²) < 4.78 is 39.1. The maximum Gasteiger partial charge on any atom is 0.510 e. The van der Waals surface area contributed by atoms with Gasteiger partial charge in [0.1, 0.15) is 0 Å². The van der Waals surface area contributed by atoms with Gasteiger partial charge < -0.3 is 18.7 Å². The molecule has 1 rings (SSSR count). The highest BCUT2D eigenvalue weighted by Gasteiger charge is 2.30. The van der Waals surface area contributed by atoms with E-state index in [2.05, 4.69) is 0 Å². The highest BCUT2D eigenvalue weighted by Crippen LogP contribution is 2.22. The van der Waals surface area contributed by atoms with Crippen molar-refractivity contribution in [2.75, 3.05) is 0 Å².